The van der Waals surface area contributed by atoms with Crippen molar-refractivity contribution in [3.05, 3.63) is 63.9 Å². The van der Waals surface area contributed by atoms with E-state index >= 15 is 0 Å². The number of unbranched alkanes of at least 4 members (excludes halogenated alkanes) is 1. The number of anilines is 1. The van der Waals surface area contributed by atoms with Crippen LogP contribution in [0.25, 0.3) is 5.69 Å². The normalized spacial score (nSPS) is 10.8. The molecule has 1 amide bonds. The zero-order valence-corrected chi connectivity index (χ0v) is 17.8. The number of hydrogen-bond acceptors (Lipinski definition) is 5. The molecule has 2 aromatic carbocycles. The highest BCUT2D eigenvalue weighted by atomic mass is 32.2. The molecule has 3 rings (SSSR count). The number of nitrogens with one attached hydrogen (secondary N) is 1. The number of thioether (sulfide) groups is 1. The van der Waals surface area contributed by atoms with Crippen molar-refractivity contribution in [1.82, 2.24) is 9.78 Å². The molecule has 0 atom stereocenters. The summed E-state index contributed by atoms with van der Waals surface area (Å²) in [5.74, 6) is -0.167. The number of amides is 1. The fourth-order valence-corrected chi connectivity index (χ4v) is 4.69. The van der Waals surface area contributed by atoms with Crippen LogP contribution in [-0.4, -0.2) is 21.4 Å². The molecule has 0 spiro atoms. The van der Waals surface area contributed by atoms with Crippen molar-refractivity contribution in [3.8, 4) is 5.69 Å². The highest BCUT2D eigenvalue weighted by Gasteiger charge is 2.10. The van der Waals surface area contributed by atoms with Gasteiger partial charge in [-0.15, -0.1) is 5.10 Å². The fraction of sp³-hybridized carbons (Fsp3) is 0.250. The molecule has 4 nitrogen and oxygen atoms in total. The van der Waals surface area contributed by atoms with Crippen LogP contribution in [0.1, 0.15) is 25.3 Å². The van der Waals surface area contributed by atoms with Gasteiger partial charge in [0.25, 0.3) is 0 Å². The van der Waals surface area contributed by atoms with Crippen molar-refractivity contribution in [2.75, 3.05) is 11.1 Å². The van der Waals surface area contributed by atoms with Gasteiger partial charge in [-0.3, -0.25) is 4.79 Å². The highest BCUT2D eigenvalue weighted by molar-refractivity contribution is 8.01. The van der Waals surface area contributed by atoms with Crippen molar-refractivity contribution in [2.24, 2.45) is 0 Å². The van der Waals surface area contributed by atoms with Crippen LogP contribution in [0.3, 0.4) is 0 Å². The van der Waals surface area contributed by atoms with Crippen LogP contribution in [0.4, 0.5) is 10.1 Å². The van der Waals surface area contributed by atoms with E-state index in [1.807, 2.05) is 24.3 Å². The Morgan fingerprint density at radius 2 is 1.93 bits per heavy atom. The molecule has 8 heteroatoms. The van der Waals surface area contributed by atoms with Gasteiger partial charge in [0.05, 0.1) is 11.4 Å². The quantitative estimate of drug-likeness (QED) is 0.356. The molecule has 0 aliphatic rings. The Morgan fingerprint density at radius 3 is 2.61 bits per heavy atom. The number of rotatable bonds is 8. The Balaban J connectivity index is 1.55. The molecule has 0 radical (unpaired) electrons. The number of hydrogen-bond donors (Lipinski definition) is 1. The van der Waals surface area contributed by atoms with Crippen molar-refractivity contribution < 1.29 is 9.18 Å². The van der Waals surface area contributed by atoms with Crippen LogP contribution in [-0.2, 0) is 11.2 Å². The molecule has 1 aromatic heterocycles. The van der Waals surface area contributed by atoms with Gasteiger partial charge < -0.3 is 5.32 Å². The molecule has 3 aromatic rings. The van der Waals surface area contributed by atoms with E-state index in [4.69, 9.17) is 12.2 Å². The van der Waals surface area contributed by atoms with Gasteiger partial charge in [-0.1, -0.05) is 48.6 Å². The Hall–Kier alpha value is -2.03. The van der Waals surface area contributed by atoms with Gasteiger partial charge in [-0.25, -0.2) is 9.07 Å². The first-order valence-electron chi connectivity index (χ1n) is 8.93. The molecular weight excluding hydrogens is 413 g/mol. The summed E-state index contributed by atoms with van der Waals surface area (Å²) in [6, 6.07) is 13.9. The second-order valence-electron chi connectivity index (χ2n) is 6.16. The monoisotopic (exact) mass is 433 g/mol. The predicted octanol–water partition coefficient (Wildman–Crippen LogP) is 5.88. The maximum absolute atomic E-state index is 13.1. The number of halogens is 1. The van der Waals surface area contributed by atoms with E-state index in [0.717, 1.165) is 12.1 Å². The second kappa shape index (κ2) is 9.95. The summed E-state index contributed by atoms with van der Waals surface area (Å²) in [7, 11) is 0. The van der Waals surface area contributed by atoms with Gasteiger partial charge in [-0.2, -0.15) is 0 Å². The molecule has 146 valence electrons. The number of aryl methyl sites for hydroxylation is 1. The molecule has 1 heterocycles. The third-order valence-electron chi connectivity index (χ3n) is 3.98. The molecule has 0 unspecified atom stereocenters. The van der Waals surface area contributed by atoms with Crippen molar-refractivity contribution >= 4 is 46.9 Å². The SMILES string of the molecule is CCCCc1ccc(NC(=O)CSc2nn(-c3ccc(F)cc3)c(=S)s2)cc1. The minimum atomic E-state index is -0.310. The van der Waals surface area contributed by atoms with Crippen molar-refractivity contribution in [1.29, 1.82) is 0 Å². The van der Waals surface area contributed by atoms with Crippen LogP contribution in [0, 0.1) is 9.77 Å². The van der Waals surface area contributed by atoms with Crippen LogP contribution >= 0.6 is 35.3 Å². The van der Waals surface area contributed by atoms with E-state index in [9.17, 15) is 9.18 Å². The topological polar surface area (TPSA) is 46.9 Å². The lowest BCUT2D eigenvalue weighted by Gasteiger charge is -2.06. The predicted molar refractivity (Wildman–Crippen MR) is 117 cm³/mol. The number of aromatic nitrogens is 2. The van der Waals surface area contributed by atoms with Crippen LogP contribution in [0.15, 0.2) is 52.9 Å². The number of carbonyl (C=O) groups is 1. The lowest BCUT2D eigenvalue weighted by atomic mass is 10.1. The van der Waals surface area contributed by atoms with Gasteiger partial charge >= 0.3 is 0 Å². The first-order chi connectivity index (χ1) is 13.5. The van der Waals surface area contributed by atoms with Gasteiger partial charge in [0.15, 0.2) is 8.29 Å². The number of nitrogens with zero attached hydrogens (tertiary/aromatic N) is 2. The molecule has 0 aliphatic carbocycles. The molecule has 0 aliphatic heterocycles. The van der Waals surface area contributed by atoms with Crippen LogP contribution in [0.5, 0.6) is 0 Å². The first kappa shape index (κ1) is 20.7. The summed E-state index contributed by atoms with van der Waals surface area (Å²) in [5, 5.41) is 7.32. The summed E-state index contributed by atoms with van der Waals surface area (Å²) >= 11 is 7.98. The highest BCUT2D eigenvalue weighted by Crippen LogP contribution is 2.24. The maximum Gasteiger partial charge on any atom is 0.234 e. The lowest BCUT2D eigenvalue weighted by Crippen LogP contribution is -2.13. The maximum atomic E-state index is 13.1. The van der Waals surface area contributed by atoms with E-state index in [0.29, 0.717) is 14.0 Å². The van der Waals surface area contributed by atoms with E-state index in [-0.39, 0.29) is 17.5 Å². The summed E-state index contributed by atoms with van der Waals surface area (Å²) in [4.78, 5) is 12.2. The summed E-state index contributed by atoms with van der Waals surface area (Å²) in [6.07, 6.45) is 3.39. The zero-order chi connectivity index (χ0) is 19.9. The summed E-state index contributed by atoms with van der Waals surface area (Å²) in [5.41, 5.74) is 2.76. The minimum absolute atomic E-state index is 0.0965. The summed E-state index contributed by atoms with van der Waals surface area (Å²) < 4.78 is 15.9. The Labute approximate surface area is 176 Å². The van der Waals surface area contributed by atoms with E-state index in [2.05, 4.69) is 17.3 Å². The zero-order valence-electron chi connectivity index (χ0n) is 15.4. The molecule has 0 saturated carbocycles. The molecule has 0 saturated heterocycles. The van der Waals surface area contributed by atoms with Crippen LogP contribution < -0.4 is 5.32 Å². The van der Waals surface area contributed by atoms with E-state index in [1.54, 1.807) is 16.8 Å². The lowest BCUT2D eigenvalue weighted by molar-refractivity contribution is -0.113. The number of carbonyl (C=O) groups excluding carboxylic acids is 1. The van der Waals surface area contributed by atoms with Gasteiger partial charge in [0, 0.05) is 5.69 Å². The molecule has 1 N–H and O–H groups in total. The average molecular weight is 434 g/mol. The van der Waals surface area contributed by atoms with Gasteiger partial charge in [-0.05, 0) is 67.0 Å². The second-order valence-corrected chi connectivity index (χ2v) is 9.00. The standard InChI is InChI=1S/C20H20FN3OS3/c1-2-3-4-14-5-9-16(10-6-14)22-18(25)13-27-19-23-24(20(26)28-19)17-11-7-15(21)8-12-17/h5-12H,2-4,13H2,1H3,(H,22,25). The number of benzene rings is 2. The smallest absolute Gasteiger partial charge is 0.234 e. The molecular formula is C20H20FN3OS3. The van der Waals surface area contributed by atoms with Gasteiger partial charge in [0.2, 0.25) is 5.91 Å². The van der Waals surface area contributed by atoms with Crippen molar-refractivity contribution in [3.63, 3.8) is 0 Å². The van der Waals surface area contributed by atoms with Crippen LogP contribution in [0.2, 0.25) is 0 Å². The Kier molecular flexibility index (Phi) is 7.36. The molecule has 0 bridgehead atoms. The fourth-order valence-electron chi connectivity index (χ4n) is 2.52. The third-order valence-corrected chi connectivity index (χ3v) is 6.35. The van der Waals surface area contributed by atoms with E-state index in [1.165, 1.54) is 53.6 Å². The minimum Gasteiger partial charge on any atom is -0.325 e. The Bertz CT molecular complexity index is 981. The third kappa shape index (κ3) is 5.73. The molecule has 28 heavy (non-hydrogen) atoms. The average Bonchev–Trinajstić information content (AvgIpc) is 3.07. The Morgan fingerprint density at radius 1 is 1.21 bits per heavy atom. The summed E-state index contributed by atoms with van der Waals surface area (Å²) in [6.45, 7) is 2.17. The van der Waals surface area contributed by atoms with E-state index < -0.39 is 0 Å². The van der Waals surface area contributed by atoms with Crippen molar-refractivity contribution in [2.45, 2.75) is 30.5 Å². The first-order valence-corrected chi connectivity index (χ1v) is 11.1. The van der Waals surface area contributed by atoms with Gasteiger partial charge in [0.1, 0.15) is 5.82 Å². The largest absolute Gasteiger partial charge is 0.325 e. The molecule has 0 fully saturated rings.